The second-order valence-corrected chi connectivity index (χ2v) is 7.93. The Morgan fingerprint density at radius 3 is 2.35 bits per heavy atom. The minimum absolute atomic E-state index is 0.0310. The molecule has 0 aliphatic rings. The SMILES string of the molecule is C=Cc1c(CC)ccc(S(=O)(=O)O)c1[Si](C)C. The van der Waals surface area contributed by atoms with Crippen molar-refractivity contribution in [2.45, 2.75) is 31.3 Å². The molecule has 1 rings (SSSR count). The third-order valence-corrected chi connectivity index (χ3v) is 5.28. The summed E-state index contributed by atoms with van der Waals surface area (Å²) in [6, 6.07) is 3.24. The van der Waals surface area contributed by atoms with Gasteiger partial charge >= 0.3 is 0 Å². The first-order valence-corrected chi connectivity index (χ1v) is 9.33. The van der Waals surface area contributed by atoms with Crippen LogP contribution < -0.4 is 5.19 Å². The first-order valence-electron chi connectivity index (χ1n) is 5.39. The Labute approximate surface area is 105 Å². The molecular weight excluding hydrogens is 252 g/mol. The van der Waals surface area contributed by atoms with Gasteiger partial charge in [0.25, 0.3) is 10.1 Å². The van der Waals surface area contributed by atoms with E-state index in [0.717, 1.165) is 22.7 Å². The summed E-state index contributed by atoms with van der Waals surface area (Å²) >= 11 is 0. The molecule has 93 valence electrons. The molecular formula is C12H17O3SSi. The average Bonchev–Trinajstić information content (AvgIpc) is 2.25. The molecule has 0 aliphatic carbocycles. The number of aryl methyl sites for hydroxylation is 1. The maximum Gasteiger partial charge on any atom is 0.294 e. The Hall–Kier alpha value is -0.913. The maximum absolute atomic E-state index is 11.4. The summed E-state index contributed by atoms with van der Waals surface area (Å²) in [6.45, 7) is 9.76. The van der Waals surface area contributed by atoms with Crippen molar-refractivity contribution < 1.29 is 13.0 Å². The van der Waals surface area contributed by atoms with E-state index in [-0.39, 0.29) is 4.90 Å². The number of hydrogen-bond acceptors (Lipinski definition) is 2. The van der Waals surface area contributed by atoms with Crippen LogP contribution in [0.1, 0.15) is 18.1 Å². The molecule has 0 fully saturated rings. The second kappa shape index (κ2) is 5.16. The molecule has 1 N–H and O–H groups in total. The Morgan fingerprint density at radius 2 is 2.00 bits per heavy atom. The fourth-order valence-electron chi connectivity index (χ4n) is 1.91. The van der Waals surface area contributed by atoms with Gasteiger partial charge in [-0.1, -0.05) is 38.7 Å². The van der Waals surface area contributed by atoms with Crippen molar-refractivity contribution in [3.05, 3.63) is 29.8 Å². The van der Waals surface area contributed by atoms with Crippen LogP contribution in [0, 0.1) is 0 Å². The van der Waals surface area contributed by atoms with Crippen molar-refractivity contribution in [2.75, 3.05) is 0 Å². The molecule has 5 heteroatoms. The number of rotatable bonds is 4. The Balaban J connectivity index is 3.72. The lowest BCUT2D eigenvalue weighted by Gasteiger charge is -2.16. The lowest BCUT2D eigenvalue weighted by Crippen LogP contribution is -2.32. The van der Waals surface area contributed by atoms with E-state index < -0.39 is 18.9 Å². The van der Waals surface area contributed by atoms with Gasteiger partial charge in [0.2, 0.25) is 0 Å². The fraction of sp³-hybridized carbons (Fsp3) is 0.333. The molecule has 1 aromatic rings. The van der Waals surface area contributed by atoms with Gasteiger partial charge in [-0.05, 0) is 28.8 Å². The largest absolute Gasteiger partial charge is 0.294 e. The van der Waals surface area contributed by atoms with E-state index in [9.17, 15) is 13.0 Å². The molecule has 0 atom stereocenters. The molecule has 0 spiro atoms. The van der Waals surface area contributed by atoms with Crippen molar-refractivity contribution in [3.63, 3.8) is 0 Å². The van der Waals surface area contributed by atoms with Gasteiger partial charge in [-0.15, -0.1) is 0 Å². The highest BCUT2D eigenvalue weighted by molar-refractivity contribution is 7.86. The quantitative estimate of drug-likeness (QED) is 0.673. The predicted octanol–water partition coefficient (Wildman–Crippen LogP) is 2.10. The van der Waals surface area contributed by atoms with Gasteiger partial charge < -0.3 is 0 Å². The summed E-state index contributed by atoms with van der Waals surface area (Å²) in [6.07, 6.45) is 2.50. The summed E-state index contributed by atoms with van der Waals surface area (Å²) in [5, 5.41) is 0.742. The fourth-order valence-corrected chi connectivity index (χ4v) is 4.90. The average molecular weight is 269 g/mol. The smallest absolute Gasteiger partial charge is 0.282 e. The van der Waals surface area contributed by atoms with Crippen molar-refractivity contribution in [2.24, 2.45) is 0 Å². The summed E-state index contributed by atoms with van der Waals surface area (Å²) < 4.78 is 32.0. The lowest BCUT2D eigenvalue weighted by atomic mass is 10.1. The third kappa shape index (κ3) is 2.85. The van der Waals surface area contributed by atoms with Crippen LogP contribution in [0.5, 0.6) is 0 Å². The minimum Gasteiger partial charge on any atom is -0.282 e. The predicted molar refractivity (Wildman–Crippen MR) is 72.8 cm³/mol. The van der Waals surface area contributed by atoms with Crippen LogP contribution in [0.15, 0.2) is 23.6 Å². The Morgan fingerprint density at radius 1 is 1.41 bits per heavy atom. The van der Waals surface area contributed by atoms with E-state index in [2.05, 4.69) is 6.58 Å². The molecule has 0 saturated heterocycles. The highest BCUT2D eigenvalue weighted by Crippen LogP contribution is 2.17. The van der Waals surface area contributed by atoms with Crippen LogP contribution in [0.2, 0.25) is 13.1 Å². The number of benzene rings is 1. The van der Waals surface area contributed by atoms with Crippen molar-refractivity contribution in [1.82, 2.24) is 0 Å². The van der Waals surface area contributed by atoms with Crippen LogP contribution in [0.25, 0.3) is 6.08 Å². The Bertz CT molecular complexity index is 533. The monoisotopic (exact) mass is 269 g/mol. The Kier molecular flexibility index (Phi) is 4.29. The molecule has 0 unspecified atom stereocenters. The zero-order chi connectivity index (χ0) is 13.2. The van der Waals surface area contributed by atoms with Crippen molar-refractivity contribution in [3.8, 4) is 0 Å². The molecule has 0 saturated carbocycles. The highest BCUT2D eigenvalue weighted by atomic mass is 32.2. The van der Waals surface area contributed by atoms with Gasteiger partial charge in [0.15, 0.2) is 0 Å². The summed E-state index contributed by atoms with van der Waals surface area (Å²) in [7, 11) is -5.17. The van der Waals surface area contributed by atoms with Crippen LogP contribution in [0.3, 0.4) is 0 Å². The maximum atomic E-state index is 11.4. The van der Waals surface area contributed by atoms with E-state index >= 15 is 0 Å². The number of hydrogen-bond donors (Lipinski definition) is 1. The van der Waals surface area contributed by atoms with Gasteiger partial charge in [-0.25, -0.2) is 0 Å². The topological polar surface area (TPSA) is 54.4 Å². The second-order valence-electron chi connectivity index (χ2n) is 4.04. The first kappa shape index (κ1) is 14.1. The van der Waals surface area contributed by atoms with Gasteiger partial charge in [0.05, 0.1) is 13.7 Å². The molecule has 17 heavy (non-hydrogen) atoms. The van der Waals surface area contributed by atoms with Crippen LogP contribution in [-0.2, 0) is 16.5 Å². The van der Waals surface area contributed by atoms with Gasteiger partial charge in [0.1, 0.15) is 0 Å². The van der Waals surface area contributed by atoms with E-state index in [0.29, 0.717) is 0 Å². The van der Waals surface area contributed by atoms with Gasteiger partial charge in [0, 0.05) is 0 Å². The zero-order valence-corrected chi connectivity index (χ0v) is 12.1. The van der Waals surface area contributed by atoms with Crippen LogP contribution in [0.4, 0.5) is 0 Å². The first-order chi connectivity index (χ1) is 7.82. The minimum atomic E-state index is -4.16. The summed E-state index contributed by atoms with van der Waals surface area (Å²) in [5.74, 6) is 0. The molecule has 3 nitrogen and oxygen atoms in total. The molecule has 0 heterocycles. The molecule has 0 amide bonds. The molecule has 0 aromatic heterocycles. The normalized spacial score (nSPS) is 11.8. The summed E-state index contributed by atoms with van der Waals surface area (Å²) in [5.41, 5.74) is 1.93. The molecule has 1 aromatic carbocycles. The lowest BCUT2D eigenvalue weighted by molar-refractivity contribution is 0.484. The van der Waals surface area contributed by atoms with E-state index in [1.54, 1.807) is 12.1 Å². The molecule has 0 aliphatic heterocycles. The van der Waals surface area contributed by atoms with E-state index in [1.807, 2.05) is 20.0 Å². The molecule has 0 bridgehead atoms. The van der Waals surface area contributed by atoms with E-state index in [4.69, 9.17) is 0 Å². The zero-order valence-electron chi connectivity index (χ0n) is 10.3. The molecule has 1 radical (unpaired) electrons. The van der Waals surface area contributed by atoms with Crippen LogP contribution in [-0.4, -0.2) is 21.8 Å². The van der Waals surface area contributed by atoms with Crippen LogP contribution >= 0.6 is 0 Å². The standard InChI is InChI=1S/C12H17O3SSi/c1-5-9-7-8-11(16(13,14)15)12(17(3)4)10(9)6-2/h6-8H,2,5H2,1,3-4H3,(H,13,14,15). The van der Waals surface area contributed by atoms with Gasteiger partial charge in [-0.3, -0.25) is 4.55 Å². The van der Waals surface area contributed by atoms with Gasteiger partial charge in [-0.2, -0.15) is 8.42 Å². The van der Waals surface area contributed by atoms with E-state index in [1.165, 1.54) is 6.07 Å². The van der Waals surface area contributed by atoms with Crippen molar-refractivity contribution in [1.29, 1.82) is 0 Å². The highest BCUT2D eigenvalue weighted by Gasteiger charge is 2.21. The van der Waals surface area contributed by atoms with Crippen molar-refractivity contribution >= 4 is 30.2 Å². The summed E-state index contributed by atoms with van der Waals surface area (Å²) in [4.78, 5) is 0.0310. The third-order valence-electron chi connectivity index (χ3n) is 2.66.